The molecule has 1 aromatic carbocycles. The van der Waals surface area contributed by atoms with Gasteiger partial charge in [-0.15, -0.1) is 11.3 Å². The van der Waals surface area contributed by atoms with Gasteiger partial charge >= 0.3 is 0 Å². The lowest BCUT2D eigenvalue weighted by atomic mass is 10.1. The Morgan fingerprint density at radius 3 is 2.86 bits per heavy atom. The topological polar surface area (TPSA) is 49.3 Å². The van der Waals surface area contributed by atoms with Gasteiger partial charge in [-0.3, -0.25) is 4.79 Å². The molecule has 0 aliphatic heterocycles. The standard InChI is InChI=1S/C16H14BrNO2S/c1-11-6-12(4-2-3-5-19)8-14(7-11)18-16(20)13-9-15(17)21-10-13/h6-10,19H,3,5H2,1H3,(H,18,20). The Kier molecular flexibility index (Phi) is 5.57. The summed E-state index contributed by atoms with van der Waals surface area (Å²) in [6.45, 7) is 2.00. The Balaban J connectivity index is 2.17. The van der Waals surface area contributed by atoms with E-state index in [1.54, 1.807) is 11.4 Å². The van der Waals surface area contributed by atoms with E-state index in [1.807, 2.05) is 25.1 Å². The molecule has 0 aliphatic rings. The van der Waals surface area contributed by atoms with Crippen LogP contribution in [0.2, 0.25) is 0 Å². The van der Waals surface area contributed by atoms with Crippen molar-refractivity contribution in [3.8, 4) is 11.8 Å². The fourth-order valence-corrected chi connectivity index (χ4v) is 2.92. The molecule has 21 heavy (non-hydrogen) atoms. The second-order valence-corrected chi connectivity index (χ2v) is 6.75. The number of nitrogens with one attached hydrogen (secondary N) is 1. The van der Waals surface area contributed by atoms with Gasteiger partial charge in [0.2, 0.25) is 0 Å². The average molecular weight is 364 g/mol. The Labute approximate surface area is 136 Å². The number of halogens is 1. The fraction of sp³-hybridized carbons (Fsp3) is 0.188. The van der Waals surface area contributed by atoms with E-state index in [0.717, 1.165) is 20.6 Å². The van der Waals surface area contributed by atoms with Gasteiger partial charge < -0.3 is 10.4 Å². The third-order valence-electron chi connectivity index (χ3n) is 2.63. The summed E-state index contributed by atoms with van der Waals surface area (Å²) in [6.07, 6.45) is 0.443. The quantitative estimate of drug-likeness (QED) is 0.814. The average Bonchev–Trinajstić information content (AvgIpc) is 2.85. The van der Waals surface area contributed by atoms with Crippen molar-refractivity contribution in [3.05, 3.63) is 50.1 Å². The number of anilines is 1. The summed E-state index contributed by atoms with van der Waals surface area (Å²) in [5.74, 6) is 5.71. The van der Waals surface area contributed by atoms with E-state index in [0.29, 0.717) is 12.0 Å². The Hall–Kier alpha value is -1.61. The third kappa shape index (κ3) is 4.71. The zero-order chi connectivity index (χ0) is 15.2. The molecule has 0 aliphatic carbocycles. The van der Waals surface area contributed by atoms with Crippen LogP contribution in [-0.4, -0.2) is 17.6 Å². The summed E-state index contributed by atoms with van der Waals surface area (Å²) in [4.78, 5) is 12.1. The first-order valence-corrected chi connectivity index (χ1v) is 8.02. The molecule has 1 amide bonds. The van der Waals surface area contributed by atoms with Gasteiger partial charge in [0, 0.05) is 23.1 Å². The lowest BCUT2D eigenvalue weighted by molar-refractivity contribution is 0.102. The molecule has 2 rings (SSSR count). The molecule has 0 unspecified atom stereocenters. The van der Waals surface area contributed by atoms with E-state index in [2.05, 4.69) is 33.1 Å². The normalized spacial score (nSPS) is 9.86. The number of benzene rings is 1. The molecule has 0 radical (unpaired) electrons. The van der Waals surface area contributed by atoms with E-state index in [4.69, 9.17) is 5.11 Å². The van der Waals surface area contributed by atoms with Crippen LogP contribution in [0.25, 0.3) is 0 Å². The molecule has 2 aromatic rings. The number of aliphatic hydroxyl groups is 1. The highest BCUT2D eigenvalue weighted by Crippen LogP contribution is 2.22. The molecule has 0 saturated heterocycles. The Morgan fingerprint density at radius 2 is 2.19 bits per heavy atom. The summed E-state index contributed by atoms with van der Waals surface area (Å²) in [6, 6.07) is 7.46. The van der Waals surface area contributed by atoms with Gasteiger partial charge in [0.15, 0.2) is 0 Å². The molecule has 108 valence electrons. The van der Waals surface area contributed by atoms with Gasteiger partial charge in [-0.25, -0.2) is 0 Å². The number of hydrogen-bond donors (Lipinski definition) is 2. The van der Waals surface area contributed by atoms with Crippen LogP contribution in [0.3, 0.4) is 0 Å². The van der Waals surface area contributed by atoms with Crippen LogP contribution in [0.4, 0.5) is 5.69 Å². The highest BCUT2D eigenvalue weighted by Gasteiger charge is 2.08. The number of amides is 1. The van der Waals surface area contributed by atoms with Gasteiger partial charge in [0.1, 0.15) is 0 Å². The zero-order valence-corrected chi connectivity index (χ0v) is 13.8. The number of hydrogen-bond acceptors (Lipinski definition) is 3. The van der Waals surface area contributed by atoms with E-state index < -0.39 is 0 Å². The van der Waals surface area contributed by atoms with Crippen LogP contribution in [0.1, 0.15) is 27.9 Å². The highest BCUT2D eigenvalue weighted by atomic mass is 79.9. The lowest BCUT2D eigenvalue weighted by Crippen LogP contribution is -2.11. The van der Waals surface area contributed by atoms with Gasteiger partial charge in [0.05, 0.1) is 16.0 Å². The molecule has 0 spiro atoms. The number of thiophene rings is 1. The highest BCUT2D eigenvalue weighted by molar-refractivity contribution is 9.11. The maximum Gasteiger partial charge on any atom is 0.256 e. The van der Waals surface area contributed by atoms with E-state index >= 15 is 0 Å². The second-order valence-electron chi connectivity index (χ2n) is 4.46. The first-order chi connectivity index (χ1) is 10.1. The molecular formula is C16H14BrNO2S. The first kappa shape index (κ1) is 15.8. The summed E-state index contributed by atoms with van der Waals surface area (Å²) in [7, 11) is 0. The number of aliphatic hydroxyl groups excluding tert-OH is 1. The van der Waals surface area contributed by atoms with Crippen molar-refractivity contribution in [3.63, 3.8) is 0 Å². The van der Waals surface area contributed by atoms with Crippen LogP contribution in [0, 0.1) is 18.8 Å². The summed E-state index contributed by atoms with van der Waals surface area (Å²) in [5, 5.41) is 13.4. The molecule has 1 aromatic heterocycles. The molecule has 1 heterocycles. The molecule has 3 nitrogen and oxygen atoms in total. The predicted molar refractivity (Wildman–Crippen MR) is 89.7 cm³/mol. The fourth-order valence-electron chi connectivity index (χ4n) is 1.78. The van der Waals surface area contributed by atoms with Gasteiger partial charge in [-0.1, -0.05) is 11.8 Å². The van der Waals surface area contributed by atoms with Crippen molar-refractivity contribution in [2.45, 2.75) is 13.3 Å². The molecule has 0 atom stereocenters. The van der Waals surface area contributed by atoms with Gasteiger partial charge in [0.25, 0.3) is 5.91 Å². The van der Waals surface area contributed by atoms with Crippen molar-refractivity contribution in [1.29, 1.82) is 0 Å². The summed E-state index contributed by atoms with van der Waals surface area (Å²) in [5.41, 5.74) is 3.19. The molecule has 2 N–H and O–H groups in total. The van der Waals surface area contributed by atoms with Gasteiger partial charge in [-0.05, 0) is 52.7 Å². The minimum Gasteiger partial charge on any atom is -0.395 e. The monoisotopic (exact) mass is 363 g/mol. The zero-order valence-electron chi connectivity index (χ0n) is 11.4. The van der Waals surface area contributed by atoms with Crippen molar-refractivity contribution < 1.29 is 9.90 Å². The second kappa shape index (κ2) is 7.41. The van der Waals surface area contributed by atoms with E-state index in [9.17, 15) is 4.79 Å². The van der Waals surface area contributed by atoms with E-state index in [-0.39, 0.29) is 12.5 Å². The van der Waals surface area contributed by atoms with Crippen LogP contribution >= 0.6 is 27.3 Å². The summed E-state index contributed by atoms with van der Waals surface area (Å²) >= 11 is 4.82. The first-order valence-electron chi connectivity index (χ1n) is 6.35. The summed E-state index contributed by atoms with van der Waals surface area (Å²) < 4.78 is 0.924. The minimum absolute atomic E-state index is 0.0510. The predicted octanol–water partition coefficient (Wildman–Crippen LogP) is 3.81. The number of carbonyl (C=O) groups is 1. The van der Waals surface area contributed by atoms with Crippen LogP contribution in [0.15, 0.2) is 33.4 Å². The largest absolute Gasteiger partial charge is 0.395 e. The van der Waals surface area contributed by atoms with Crippen LogP contribution < -0.4 is 5.32 Å². The van der Waals surface area contributed by atoms with Crippen LogP contribution in [-0.2, 0) is 0 Å². The Morgan fingerprint density at radius 1 is 1.38 bits per heavy atom. The third-order valence-corrected chi connectivity index (χ3v) is 4.14. The molecule has 0 fully saturated rings. The maximum atomic E-state index is 12.1. The minimum atomic E-state index is -0.142. The smallest absolute Gasteiger partial charge is 0.256 e. The molecular weight excluding hydrogens is 350 g/mol. The van der Waals surface area contributed by atoms with Crippen molar-refractivity contribution in [1.82, 2.24) is 0 Å². The van der Waals surface area contributed by atoms with Crippen LogP contribution in [0.5, 0.6) is 0 Å². The lowest BCUT2D eigenvalue weighted by Gasteiger charge is -2.06. The van der Waals surface area contributed by atoms with Crippen molar-refractivity contribution in [2.24, 2.45) is 0 Å². The number of rotatable bonds is 3. The Bertz CT molecular complexity index is 713. The number of aryl methyl sites for hydroxylation is 1. The number of carbonyl (C=O) groups excluding carboxylic acids is 1. The molecule has 0 saturated carbocycles. The van der Waals surface area contributed by atoms with Gasteiger partial charge in [-0.2, -0.15) is 0 Å². The molecule has 0 bridgehead atoms. The maximum absolute atomic E-state index is 12.1. The van der Waals surface area contributed by atoms with Crippen molar-refractivity contribution in [2.75, 3.05) is 11.9 Å². The van der Waals surface area contributed by atoms with Crippen molar-refractivity contribution >= 4 is 38.9 Å². The molecule has 5 heteroatoms. The van der Waals surface area contributed by atoms with E-state index in [1.165, 1.54) is 11.3 Å². The SMILES string of the molecule is Cc1cc(C#CCCO)cc(NC(=O)c2csc(Br)c2)c1.